The number of ether oxygens (including phenoxy) is 3. The number of carbonyl (C=O) groups excluding carboxylic acids is 2. The second-order valence-corrected chi connectivity index (χ2v) is 8.29. The number of rotatable bonds is 15. The first-order valence-corrected chi connectivity index (χ1v) is 11.8. The van der Waals surface area contributed by atoms with Gasteiger partial charge in [-0.05, 0) is 43.2 Å². The Morgan fingerprint density at radius 1 is 0.719 bits per heavy atom. The molecule has 5 nitrogen and oxygen atoms in total. The summed E-state index contributed by atoms with van der Waals surface area (Å²) in [6, 6.07) is 14.5. The fourth-order valence-electron chi connectivity index (χ4n) is 3.08. The molecule has 0 saturated heterocycles. The van der Waals surface area contributed by atoms with Crippen molar-refractivity contribution >= 4 is 35.1 Å². The first-order valence-electron chi connectivity index (χ1n) is 11.0. The van der Waals surface area contributed by atoms with Crippen LogP contribution < -0.4 is 9.47 Å². The van der Waals surface area contributed by atoms with Gasteiger partial charge in [0.25, 0.3) is 0 Å². The quantitative estimate of drug-likeness (QED) is 0.155. The average Bonchev–Trinajstić information content (AvgIpc) is 2.77. The first-order chi connectivity index (χ1) is 15.5. The summed E-state index contributed by atoms with van der Waals surface area (Å²) in [5.74, 6) is -0.0353. The second-order valence-electron chi connectivity index (χ2n) is 7.45. The standard InChI is InChI=1S/C25H30Cl2O5/c26-20-15-16-23(22(27)18-20)31-19-25(29)32-24(28)14-10-5-3-1-2-4-6-11-17-30-21-12-8-7-9-13-21/h7-9,12-13,15-16,18H,1-6,10-11,14,17,19H2. The van der Waals surface area contributed by atoms with Crippen molar-refractivity contribution in [2.45, 2.75) is 57.8 Å². The van der Waals surface area contributed by atoms with Crippen molar-refractivity contribution in [3.8, 4) is 11.5 Å². The number of carbonyl (C=O) groups is 2. The Hall–Kier alpha value is -2.24. The third-order valence-corrected chi connectivity index (χ3v) is 5.28. The SMILES string of the molecule is O=C(CCCCCCCCCCOc1ccccc1)OC(=O)COc1ccc(Cl)cc1Cl. The molecule has 0 unspecified atom stereocenters. The predicted octanol–water partition coefficient (Wildman–Crippen LogP) is 7.03. The molecule has 32 heavy (non-hydrogen) atoms. The fourth-order valence-corrected chi connectivity index (χ4v) is 3.54. The van der Waals surface area contributed by atoms with Crippen LogP contribution in [0.25, 0.3) is 0 Å². The van der Waals surface area contributed by atoms with E-state index in [0.717, 1.165) is 44.5 Å². The van der Waals surface area contributed by atoms with Gasteiger partial charge in [-0.25, -0.2) is 4.79 Å². The molecule has 0 aromatic heterocycles. The third kappa shape index (κ3) is 11.4. The Bertz CT molecular complexity index is 826. The van der Waals surface area contributed by atoms with Crippen LogP contribution in [-0.4, -0.2) is 25.2 Å². The summed E-state index contributed by atoms with van der Waals surface area (Å²) >= 11 is 11.8. The van der Waals surface area contributed by atoms with E-state index < -0.39 is 11.9 Å². The highest BCUT2D eigenvalue weighted by Crippen LogP contribution is 2.27. The Labute approximate surface area is 200 Å². The number of halogens is 2. The van der Waals surface area contributed by atoms with E-state index in [1.165, 1.54) is 18.9 Å². The molecule has 0 aliphatic carbocycles. The zero-order valence-corrected chi connectivity index (χ0v) is 19.7. The Kier molecular flexibility index (Phi) is 12.6. The van der Waals surface area contributed by atoms with Crippen LogP contribution in [0.1, 0.15) is 57.8 Å². The largest absolute Gasteiger partial charge is 0.494 e. The van der Waals surface area contributed by atoms with Crippen LogP contribution in [0.2, 0.25) is 10.0 Å². The Balaban J connectivity index is 1.40. The highest BCUT2D eigenvalue weighted by atomic mass is 35.5. The van der Waals surface area contributed by atoms with Crippen molar-refractivity contribution in [2.24, 2.45) is 0 Å². The summed E-state index contributed by atoms with van der Waals surface area (Å²) in [4.78, 5) is 23.5. The number of hydrogen-bond acceptors (Lipinski definition) is 5. The minimum Gasteiger partial charge on any atom is -0.494 e. The molecule has 0 saturated carbocycles. The predicted molar refractivity (Wildman–Crippen MR) is 127 cm³/mol. The van der Waals surface area contributed by atoms with Crippen LogP contribution in [0, 0.1) is 0 Å². The van der Waals surface area contributed by atoms with Gasteiger partial charge in [0, 0.05) is 11.4 Å². The highest BCUT2D eigenvalue weighted by Gasteiger charge is 2.12. The normalized spacial score (nSPS) is 10.6. The van der Waals surface area contributed by atoms with E-state index in [1.54, 1.807) is 12.1 Å². The van der Waals surface area contributed by atoms with E-state index in [9.17, 15) is 9.59 Å². The van der Waals surface area contributed by atoms with Gasteiger partial charge in [0.1, 0.15) is 11.5 Å². The lowest BCUT2D eigenvalue weighted by atomic mass is 10.1. The van der Waals surface area contributed by atoms with E-state index >= 15 is 0 Å². The summed E-state index contributed by atoms with van der Waals surface area (Å²) in [7, 11) is 0. The molecule has 0 spiro atoms. The fraction of sp³-hybridized carbons (Fsp3) is 0.440. The minimum atomic E-state index is -0.739. The molecule has 0 aliphatic heterocycles. The topological polar surface area (TPSA) is 61.8 Å². The van der Waals surface area contributed by atoms with Crippen molar-refractivity contribution in [3.05, 3.63) is 58.6 Å². The molecule has 0 radical (unpaired) electrons. The molecule has 0 heterocycles. The van der Waals surface area contributed by atoms with Gasteiger partial charge in [-0.2, -0.15) is 0 Å². The Morgan fingerprint density at radius 3 is 2.06 bits per heavy atom. The lowest BCUT2D eigenvalue weighted by Crippen LogP contribution is -2.19. The number of unbranched alkanes of at least 4 members (excludes halogenated alkanes) is 7. The molecule has 0 atom stereocenters. The maximum Gasteiger partial charge on any atom is 0.351 e. The molecule has 2 rings (SSSR count). The van der Waals surface area contributed by atoms with Gasteiger partial charge in [-0.1, -0.05) is 79.9 Å². The summed E-state index contributed by atoms with van der Waals surface area (Å²) in [5, 5.41) is 0.755. The van der Waals surface area contributed by atoms with Crippen molar-refractivity contribution in [1.82, 2.24) is 0 Å². The van der Waals surface area contributed by atoms with Gasteiger partial charge in [0.2, 0.25) is 0 Å². The molecule has 2 aromatic carbocycles. The van der Waals surface area contributed by atoms with Gasteiger partial charge in [-0.3, -0.25) is 4.79 Å². The zero-order valence-electron chi connectivity index (χ0n) is 18.2. The Morgan fingerprint density at radius 2 is 1.38 bits per heavy atom. The summed E-state index contributed by atoms with van der Waals surface area (Å²) in [6.45, 7) is 0.367. The van der Waals surface area contributed by atoms with E-state index in [1.807, 2.05) is 30.3 Å². The smallest absolute Gasteiger partial charge is 0.351 e. The second kappa shape index (κ2) is 15.5. The van der Waals surface area contributed by atoms with Gasteiger partial charge < -0.3 is 14.2 Å². The van der Waals surface area contributed by atoms with Crippen molar-refractivity contribution in [2.75, 3.05) is 13.2 Å². The van der Waals surface area contributed by atoms with Crippen LogP contribution in [0.4, 0.5) is 0 Å². The zero-order chi connectivity index (χ0) is 23.0. The lowest BCUT2D eigenvalue weighted by molar-refractivity contribution is -0.161. The lowest BCUT2D eigenvalue weighted by Gasteiger charge is -2.08. The van der Waals surface area contributed by atoms with Crippen LogP contribution >= 0.6 is 23.2 Å². The number of benzene rings is 2. The first kappa shape index (κ1) is 26.0. The summed E-state index contributed by atoms with van der Waals surface area (Å²) in [6.07, 6.45) is 8.67. The molecular formula is C25H30Cl2O5. The van der Waals surface area contributed by atoms with Crippen molar-refractivity contribution in [3.63, 3.8) is 0 Å². The molecule has 0 amide bonds. The number of hydrogen-bond donors (Lipinski definition) is 0. The maximum absolute atomic E-state index is 11.8. The van der Waals surface area contributed by atoms with Gasteiger partial charge in [-0.15, -0.1) is 0 Å². The maximum atomic E-state index is 11.8. The molecule has 174 valence electrons. The van der Waals surface area contributed by atoms with Crippen LogP contribution in [0.3, 0.4) is 0 Å². The van der Waals surface area contributed by atoms with E-state index in [2.05, 4.69) is 0 Å². The minimum absolute atomic E-state index is 0.226. The van der Waals surface area contributed by atoms with E-state index in [0.29, 0.717) is 17.2 Å². The average molecular weight is 481 g/mol. The van der Waals surface area contributed by atoms with Crippen LogP contribution in [0.5, 0.6) is 11.5 Å². The summed E-state index contributed by atoms with van der Waals surface area (Å²) < 4.78 is 15.7. The van der Waals surface area contributed by atoms with Gasteiger partial charge in [0.15, 0.2) is 6.61 Å². The molecular weight excluding hydrogens is 451 g/mol. The molecule has 7 heteroatoms. The molecule has 0 N–H and O–H groups in total. The van der Waals surface area contributed by atoms with Crippen LogP contribution in [-0.2, 0) is 14.3 Å². The molecule has 2 aromatic rings. The molecule has 0 aliphatic rings. The van der Waals surface area contributed by atoms with Crippen LogP contribution in [0.15, 0.2) is 48.5 Å². The molecule has 0 fully saturated rings. The number of para-hydroxylation sites is 1. The summed E-state index contributed by atoms with van der Waals surface area (Å²) in [5.41, 5.74) is 0. The van der Waals surface area contributed by atoms with E-state index in [4.69, 9.17) is 37.4 Å². The van der Waals surface area contributed by atoms with Crippen molar-refractivity contribution < 1.29 is 23.8 Å². The highest BCUT2D eigenvalue weighted by molar-refractivity contribution is 6.35. The van der Waals surface area contributed by atoms with Gasteiger partial charge >= 0.3 is 11.9 Å². The number of esters is 2. The monoisotopic (exact) mass is 480 g/mol. The van der Waals surface area contributed by atoms with E-state index in [-0.39, 0.29) is 18.1 Å². The molecule has 0 bridgehead atoms. The third-order valence-electron chi connectivity index (χ3n) is 4.75. The van der Waals surface area contributed by atoms with Gasteiger partial charge in [0.05, 0.1) is 11.6 Å². The van der Waals surface area contributed by atoms with Crippen molar-refractivity contribution in [1.29, 1.82) is 0 Å².